The van der Waals surface area contributed by atoms with E-state index in [2.05, 4.69) is 48.2 Å². The lowest BCUT2D eigenvalue weighted by Crippen LogP contribution is -2.36. The van der Waals surface area contributed by atoms with Crippen LogP contribution in [0.1, 0.15) is 74.4 Å². The number of esters is 1. The van der Waals surface area contributed by atoms with E-state index in [4.69, 9.17) is 18.6 Å². The maximum atomic E-state index is 12.7. The minimum atomic E-state index is -0.695. The Labute approximate surface area is 242 Å². The van der Waals surface area contributed by atoms with Crippen LogP contribution < -0.4 is 0 Å². The summed E-state index contributed by atoms with van der Waals surface area (Å²) in [4.78, 5) is 20.7. The first kappa shape index (κ1) is 29.7. The monoisotopic (exact) mass is 560 g/mol. The van der Waals surface area contributed by atoms with E-state index >= 15 is 0 Å². The van der Waals surface area contributed by atoms with Gasteiger partial charge in [-0.15, -0.1) is 11.8 Å². The van der Waals surface area contributed by atoms with E-state index in [1.165, 1.54) is 22.9 Å². The third kappa shape index (κ3) is 8.35. The predicted octanol–water partition coefficient (Wildman–Crippen LogP) is 7.89. The molecule has 4 aromatic rings. The summed E-state index contributed by atoms with van der Waals surface area (Å²) in [6.07, 6.45) is 2.37. The Morgan fingerprint density at radius 1 is 0.925 bits per heavy atom. The lowest BCUT2D eigenvalue weighted by atomic mass is 10.1. The van der Waals surface area contributed by atoms with Gasteiger partial charge in [0.1, 0.15) is 21.9 Å². The molecule has 0 saturated carbocycles. The van der Waals surface area contributed by atoms with Crippen LogP contribution in [0, 0.1) is 13.8 Å². The number of aromatic nitrogens is 1. The molecule has 0 fully saturated rings. The summed E-state index contributed by atoms with van der Waals surface area (Å²) < 4.78 is 16.8. The van der Waals surface area contributed by atoms with Crippen molar-refractivity contribution in [3.05, 3.63) is 107 Å². The molecule has 212 valence electrons. The van der Waals surface area contributed by atoms with Gasteiger partial charge in [-0.1, -0.05) is 36.4 Å². The standard InChI is InChI=1S/C33H40N2O4S/c1-23-11-8-9-12-26(23)19-30-34-24(2)29(38-30)22-35(21-27-13-10-18-37-27)20-25-14-16-28(17-15-25)40-33(6,7)31(36)39-32(3,4)5/h8-18H,19-22H2,1-7H3. The number of benzene rings is 2. The van der Waals surface area contributed by atoms with Gasteiger partial charge in [0, 0.05) is 17.9 Å². The average Bonchev–Trinajstić information content (AvgIpc) is 3.50. The van der Waals surface area contributed by atoms with Crippen molar-refractivity contribution in [2.45, 2.75) is 89.8 Å². The average molecular weight is 561 g/mol. The fourth-order valence-electron chi connectivity index (χ4n) is 4.33. The number of aryl methyl sites for hydroxylation is 2. The Bertz CT molecular complexity index is 1400. The number of carbonyl (C=O) groups is 1. The first-order valence-corrected chi connectivity index (χ1v) is 14.5. The van der Waals surface area contributed by atoms with E-state index in [0.717, 1.165) is 33.6 Å². The number of hydrogen-bond acceptors (Lipinski definition) is 7. The Morgan fingerprint density at radius 2 is 1.65 bits per heavy atom. The van der Waals surface area contributed by atoms with Gasteiger partial charge in [-0.2, -0.15) is 0 Å². The van der Waals surface area contributed by atoms with Crippen LogP contribution in [0.2, 0.25) is 0 Å². The predicted molar refractivity (Wildman–Crippen MR) is 159 cm³/mol. The third-order valence-corrected chi connectivity index (χ3v) is 7.64. The highest BCUT2D eigenvalue weighted by Crippen LogP contribution is 2.35. The molecule has 0 unspecified atom stereocenters. The van der Waals surface area contributed by atoms with Crippen LogP contribution in [-0.4, -0.2) is 26.2 Å². The van der Waals surface area contributed by atoms with Crippen molar-refractivity contribution in [1.82, 2.24) is 9.88 Å². The maximum absolute atomic E-state index is 12.7. The first-order chi connectivity index (χ1) is 18.9. The zero-order valence-corrected chi connectivity index (χ0v) is 25.4. The second kappa shape index (κ2) is 12.5. The van der Waals surface area contributed by atoms with Gasteiger partial charge in [-0.25, -0.2) is 4.98 Å². The minimum Gasteiger partial charge on any atom is -0.468 e. The smallest absolute Gasteiger partial charge is 0.322 e. The summed E-state index contributed by atoms with van der Waals surface area (Å²) in [7, 11) is 0. The second-order valence-corrected chi connectivity index (χ2v) is 13.4. The van der Waals surface area contributed by atoms with E-state index in [1.54, 1.807) is 6.26 Å². The van der Waals surface area contributed by atoms with Crippen molar-refractivity contribution >= 4 is 17.7 Å². The van der Waals surface area contributed by atoms with Gasteiger partial charge in [-0.05, 0) is 89.4 Å². The van der Waals surface area contributed by atoms with Crippen LogP contribution in [-0.2, 0) is 35.6 Å². The summed E-state index contributed by atoms with van der Waals surface area (Å²) in [5.74, 6) is 2.27. The molecule has 0 saturated heterocycles. The molecular weight excluding hydrogens is 520 g/mol. The fourth-order valence-corrected chi connectivity index (χ4v) is 5.32. The molecule has 2 heterocycles. The van der Waals surface area contributed by atoms with Gasteiger partial charge in [0.05, 0.1) is 25.0 Å². The molecule has 0 radical (unpaired) electrons. The molecule has 7 heteroatoms. The second-order valence-electron chi connectivity index (χ2n) is 11.7. The molecule has 0 aliphatic heterocycles. The maximum Gasteiger partial charge on any atom is 0.322 e. The Balaban J connectivity index is 1.46. The number of rotatable bonds is 11. The van der Waals surface area contributed by atoms with Crippen LogP contribution >= 0.6 is 11.8 Å². The molecule has 40 heavy (non-hydrogen) atoms. The van der Waals surface area contributed by atoms with Crippen molar-refractivity contribution in [3.63, 3.8) is 0 Å². The van der Waals surface area contributed by atoms with Gasteiger partial charge >= 0.3 is 5.97 Å². The van der Waals surface area contributed by atoms with Crippen molar-refractivity contribution in [1.29, 1.82) is 0 Å². The molecule has 0 bridgehead atoms. The zero-order chi connectivity index (χ0) is 28.9. The van der Waals surface area contributed by atoms with E-state index in [1.807, 2.05) is 65.8 Å². The molecular formula is C33H40N2O4S. The van der Waals surface area contributed by atoms with Crippen molar-refractivity contribution in [2.75, 3.05) is 0 Å². The summed E-state index contributed by atoms with van der Waals surface area (Å²) in [5, 5.41) is 0. The summed E-state index contributed by atoms with van der Waals surface area (Å²) in [6.45, 7) is 15.5. The van der Waals surface area contributed by atoms with Gasteiger partial charge in [0.15, 0.2) is 5.89 Å². The Morgan fingerprint density at radius 3 is 2.30 bits per heavy atom. The molecule has 0 aliphatic rings. The number of carbonyl (C=O) groups excluding carboxylic acids is 1. The molecule has 4 rings (SSSR count). The highest BCUT2D eigenvalue weighted by atomic mass is 32.2. The van der Waals surface area contributed by atoms with Crippen LogP contribution in [0.4, 0.5) is 0 Å². The summed E-state index contributed by atoms with van der Waals surface area (Å²) in [5.41, 5.74) is 4.00. The van der Waals surface area contributed by atoms with E-state index in [-0.39, 0.29) is 5.97 Å². The van der Waals surface area contributed by atoms with Gasteiger partial charge in [-0.3, -0.25) is 9.69 Å². The van der Waals surface area contributed by atoms with Crippen molar-refractivity contribution in [2.24, 2.45) is 0 Å². The number of oxazole rings is 1. The normalized spacial score (nSPS) is 12.2. The molecule has 0 aliphatic carbocycles. The highest BCUT2D eigenvalue weighted by molar-refractivity contribution is 8.01. The van der Waals surface area contributed by atoms with E-state index < -0.39 is 10.3 Å². The Hall–Kier alpha value is -3.29. The van der Waals surface area contributed by atoms with Crippen LogP contribution in [0.3, 0.4) is 0 Å². The van der Waals surface area contributed by atoms with Gasteiger partial charge in [0.25, 0.3) is 0 Å². The lowest BCUT2D eigenvalue weighted by molar-refractivity contribution is -0.156. The Kier molecular flexibility index (Phi) is 9.26. The van der Waals surface area contributed by atoms with Crippen molar-refractivity contribution < 1.29 is 18.4 Å². The molecule has 0 spiro atoms. The zero-order valence-electron chi connectivity index (χ0n) is 24.6. The summed E-state index contributed by atoms with van der Waals surface area (Å²) >= 11 is 1.51. The number of nitrogens with zero attached hydrogens (tertiary/aromatic N) is 2. The quantitative estimate of drug-likeness (QED) is 0.136. The fraction of sp³-hybridized carbons (Fsp3) is 0.394. The largest absolute Gasteiger partial charge is 0.468 e. The molecule has 2 aromatic carbocycles. The van der Waals surface area contributed by atoms with E-state index in [9.17, 15) is 4.79 Å². The topological polar surface area (TPSA) is 68.7 Å². The number of thioether (sulfide) groups is 1. The van der Waals surface area contributed by atoms with Gasteiger partial charge < -0.3 is 13.6 Å². The van der Waals surface area contributed by atoms with Crippen molar-refractivity contribution in [3.8, 4) is 0 Å². The number of furan rings is 1. The third-order valence-electron chi connectivity index (χ3n) is 6.46. The lowest BCUT2D eigenvalue weighted by Gasteiger charge is -2.28. The van der Waals surface area contributed by atoms with E-state index in [0.29, 0.717) is 26.1 Å². The summed E-state index contributed by atoms with van der Waals surface area (Å²) in [6, 6.07) is 20.6. The molecule has 6 nitrogen and oxygen atoms in total. The van der Waals surface area contributed by atoms with Gasteiger partial charge in [0.2, 0.25) is 0 Å². The van der Waals surface area contributed by atoms with Crippen LogP contribution in [0.5, 0.6) is 0 Å². The molecule has 0 amide bonds. The minimum absolute atomic E-state index is 0.220. The number of ether oxygens (including phenoxy) is 1. The first-order valence-electron chi connectivity index (χ1n) is 13.6. The number of hydrogen-bond donors (Lipinski definition) is 0. The highest BCUT2D eigenvalue weighted by Gasteiger charge is 2.33. The van der Waals surface area contributed by atoms with Crippen LogP contribution in [0.25, 0.3) is 0 Å². The molecule has 0 N–H and O–H groups in total. The molecule has 0 atom stereocenters. The SMILES string of the molecule is Cc1ccccc1Cc1nc(C)c(CN(Cc2ccc(SC(C)(C)C(=O)OC(C)(C)C)cc2)Cc2ccco2)o1. The molecule has 2 aromatic heterocycles. The van der Waals surface area contributed by atoms with Crippen LogP contribution in [0.15, 0.2) is 80.7 Å².